The van der Waals surface area contributed by atoms with Crippen LogP contribution in [0.4, 0.5) is 0 Å². The zero-order valence-electron chi connectivity index (χ0n) is 24.0. The molecule has 2 nitrogen and oxygen atoms in total. The van der Waals surface area contributed by atoms with Crippen molar-refractivity contribution in [2.24, 2.45) is 29.1 Å². The van der Waals surface area contributed by atoms with Crippen LogP contribution < -0.4 is 4.43 Å². The second kappa shape index (κ2) is 9.51. The zero-order chi connectivity index (χ0) is 25.8. The minimum atomic E-state index is -1.83. The van der Waals surface area contributed by atoms with Gasteiger partial charge in [-0.1, -0.05) is 66.2 Å². The highest BCUT2D eigenvalue weighted by atomic mass is 28.4. The fourth-order valence-corrected chi connectivity index (χ4v) is 8.19. The predicted octanol–water partition coefficient (Wildman–Crippen LogP) is 9.10. The van der Waals surface area contributed by atoms with E-state index in [9.17, 15) is 4.79 Å². The van der Waals surface area contributed by atoms with Gasteiger partial charge in [0.2, 0.25) is 8.32 Å². The van der Waals surface area contributed by atoms with Crippen LogP contribution in [0.15, 0.2) is 29.8 Å². The molecule has 3 aliphatic rings. The average molecular weight is 495 g/mol. The molecule has 3 aliphatic carbocycles. The molecule has 0 heterocycles. The Morgan fingerprint density at radius 1 is 1.17 bits per heavy atom. The van der Waals surface area contributed by atoms with E-state index in [1.54, 1.807) is 5.56 Å². The molecule has 0 unspecified atom stereocenters. The third kappa shape index (κ3) is 4.96. The normalized spacial score (nSPS) is 29.2. The average Bonchev–Trinajstić information content (AvgIpc) is 3.12. The van der Waals surface area contributed by atoms with Crippen LogP contribution in [0.5, 0.6) is 5.75 Å². The van der Waals surface area contributed by atoms with E-state index in [0.717, 1.165) is 37.4 Å². The molecule has 35 heavy (non-hydrogen) atoms. The Morgan fingerprint density at radius 2 is 1.89 bits per heavy atom. The molecule has 5 atom stereocenters. The largest absolute Gasteiger partial charge is 0.543 e. The summed E-state index contributed by atoms with van der Waals surface area (Å²) in [5.41, 5.74) is 4.78. The maximum atomic E-state index is 13.0. The predicted molar refractivity (Wildman–Crippen MR) is 151 cm³/mol. The first-order valence-electron chi connectivity index (χ1n) is 14.3. The molecule has 1 saturated carbocycles. The summed E-state index contributed by atoms with van der Waals surface area (Å²) in [5, 5.41) is 0.211. The summed E-state index contributed by atoms with van der Waals surface area (Å²) in [4.78, 5) is 13.0. The smallest absolute Gasteiger partial charge is 0.250 e. The van der Waals surface area contributed by atoms with Gasteiger partial charge in [0, 0.05) is 12.3 Å². The van der Waals surface area contributed by atoms with Gasteiger partial charge in [-0.25, -0.2) is 0 Å². The van der Waals surface area contributed by atoms with Gasteiger partial charge in [0.05, 0.1) is 0 Å². The highest BCUT2D eigenvalue weighted by molar-refractivity contribution is 6.74. The quantitative estimate of drug-likeness (QED) is 0.279. The molecular weight excluding hydrogens is 444 g/mol. The molecular formula is C32H50O2Si. The summed E-state index contributed by atoms with van der Waals surface area (Å²) in [5.74, 6) is 4.31. The lowest BCUT2D eigenvalue weighted by Gasteiger charge is -2.51. The molecule has 0 amide bonds. The Bertz CT molecular complexity index is 982. The Morgan fingerprint density at radius 3 is 2.54 bits per heavy atom. The van der Waals surface area contributed by atoms with E-state index in [2.05, 4.69) is 85.8 Å². The van der Waals surface area contributed by atoms with Crippen molar-refractivity contribution in [1.29, 1.82) is 0 Å². The number of carbonyl (C=O) groups excluding carboxylic acids is 1. The van der Waals surface area contributed by atoms with Gasteiger partial charge < -0.3 is 4.43 Å². The molecule has 0 aromatic heterocycles. The van der Waals surface area contributed by atoms with Crippen LogP contribution in [0.1, 0.15) is 104 Å². The standard InChI is InChI=1S/C32H50O2Si/c1-21(2)10-17-30(33)22(3)28-15-16-29-27-13-11-23-20-24(34-35(8,9)31(4,5)6)12-14-25(23)26(27)18-19-32(28,29)7/h12,14-15,20-22,26-27,29H,10-11,13,16-19H2,1-9H3/t22-,26+,27+,29-,32+/m0/s1. The summed E-state index contributed by atoms with van der Waals surface area (Å²) < 4.78 is 6.65. The lowest BCUT2D eigenvalue weighted by molar-refractivity contribution is -0.122. The molecule has 0 bridgehead atoms. The molecule has 1 aromatic carbocycles. The second-order valence-corrected chi connectivity index (χ2v) is 18.8. The fraction of sp³-hybridized carbons (Fsp3) is 0.719. The maximum absolute atomic E-state index is 13.0. The molecule has 3 heteroatoms. The lowest BCUT2D eigenvalue weighted by atomic mass is 9.53. The van der Waals surface area contributed by atoms with Crippen molar-refractivity contribution < 1.29 is 9.22 Å². The first kappa shape index (κ1) is 26.7. The van der Waals surface area contributed by atoms with Gasteiger partial charge in [-0.05, 0) is 109 Å². The van der Waals surface area contributed by atoms with E-state index in [0.29, 0.717) is 23.5 Å². The van der Waals surface area contributed by atoms with Gasteiger partial charge in [0.25, 0.3) is 0 Å². The van der Waals surface area contributed by atoms with Crippen molar-refractivity contribution >= 4 is 14.1 Å². The molecule has 194 valence electrons. The number of carbonyl (C=O) groups is 1. The maximum Gasteiger partial charge on any atom is 0.250 e. The fourth-order valence-electron chi connectivity index (χ4n) is 7.16. The number of rotatable bonds is 7. The highest BCUT2D eigenvalue weighted by Crippen LogP contribution is 2.62. The third-order valence-electron chi connectivity index (χ3n) is 10.4. The zero-order valence-corrected chi connectivity index (χ0v) is 25.0. The van der Waals surface area contributed by atoms with Gasteiger partial charge in [-0.3, -0.25) is 4.79 Å². The number of aryl methyl sites for hydroxylation is 1. The summed E-state index contributed by atoms with van der Waals surface area (Å²) >= 11 is 0. The third-order valence-corrected chi connectivity index (χ3v) is 14.8. The minimum absolute atomic E-state index is 0.0891. The molecule has 0 aliphatic heterocycles. The lowest BCUT2D eigenvalue weighted by Crippen LogP contribution is -2.44. The van der Waals surface area contributed by atoms with E-state index >= 15 is 0 Å². The van der Waals surface area contributed by atoms with Crippen LogP contribution >= 0.6 is 0 Å². The van der Waals surface area contributed by atoms with Crippen LogP contribution in [0.2, 0.25) is 18.1 Å². The number of ketones is 1. The van der Waals surface area contributed by atoms with Crippen LogP contribution in [0.3, 0.4) is 0 Å². The second-order valence-electron chi connectivity index (χ2n) is 14.1. The van der Waals surface area contributed by atoms with Crippen molar-refractivity contribution in [3.8, 4) is 5.75 Å². The Hall–Kier alpha value is -1.35. The van der Waals surface area contributed by atoms with Crippen LogP contribution in [-0.2, 0) is 11.2 Å². The van der Waals surface area contributed by atoms with Gasteiger partial charge in [-0.15, -0.1) is 0 Å². The van der Waals surface area contributed by atoms with Crippen molar-refractivity contribution in [1.82, 2.24) is 0 Å². The first-order chi connectivity index (χ1) is 16.2. The summed E-state index contributed by atoms with van der Waals surface area (Å²) in [7, 11) is -1.83. The van der Waals surface area contributed by atoms with E-state index < -0.39 is 8.32 Å². The Kier molecular flexibility index (Phi) is 7.25. The highest BCUT2D eigenvalue weighted by Gasteiger charge is 2.53. The van der Waals surface area contributed by atoms with E-state index in [4.69, 9.17) is 4.43 Å². The van der Waals surface area contributed by atoms with Crippen molar-refractivity contribution in [2.75, 3.05) is 0 Å². The Balaban J connectivity index is 1.50. The van der Waals surface area contributed by atoms with E-state index in [-0.39, 0.29) is 16.4 Å². The van der Waals surface area contributed by atoms with Crippen LogP contribution in [-0.4, -0.2) is 14.1 Å². The number of benzene rings is 1. The summed E-state index contributed by atoms with van der Waals surface area (Å²) in [6.45, 7) is 20.7. The molecule has 0 radical (unpaired) electrons. The number of hydrogen-bond donors (Lipinski definition) is 0. The minimum Gasteiger partial charge on any atom is -0.543 e. The van der Waals surface area contributed by atoms with Crippen molar-refractivity contribution in [3.05, 3.63) is 41.0 Å². The monoisotopic (exact) mass is 494 g/mol. The van der Waals surface area contributed by atoms with Crippen LogP contribution in [0.25, 0.3) is 0 Å². The topological polar surface area (TPSA) is 26.3 Å². The van der Waals surface area contributed by atoms with E-state index in [1.165, 1.54) is 30.4 Å². The summed E-state index contributed by atoms with van der Waals surface area (Å²) in [6.07, 6.45) is 10.3. The first-order valence-corrected chi connectivity index (χ1v) is 17.2. The summed E-state index contributed by atoms with van der Waals surface area (Å²) in [6, 6.07) is 7.02. The molecule has 1 fully saturated rings. The molecule has 0 N–H and O–H groups in total. The van der Waals surface area contributed by atoms with Gasteiger partial charge >= 0.3 is 0 Å². The van der Waals surface area contributed by atoms with E-state index in [1.807, 2.05) is 0 Å². The SMILES string of the molecule is CC(C)CCC(=O)[C@@H](C)C1=CC[C@H]2[C@@H]3CCc4cc(O[Si](C)(C)C(C)(C)C)ccc4[C@H]3CC[C@]12C. The molecule has 0 saturated heterocycles. The number of hydrogen-bond acceptors (Lipinski definition) is 2. The van der Waals surface area contributed by atoms with Crippen molar-refractivity contribution in [3.63, 3.8) is 0 Å². The van der Waals surface area contributed by atoms with Gasteiger partial charge in [0.15, 0.2) is 0 Å². The van der Waals surface area contributed by atoms with Crippen molar-refractivity contribution in [2.45, 2.75) is 117 Å². The number of fused-ring (bicyclic) bond motifs is 5. The molecule has 4 rings (SSSR count). The molecule has 0 spiro atoms. The molecule has 1 aromatic rings. The Labute approximate surface area is 216 Å². The number of Topliss-reactive ketones (excluding diaryl/α,β-unsaturated/α-hetero) is 1. The van der Waals surface area contributed by atoms with Gasteiger partial charge in [-0.2, -0.15) is 0 Å². The number of allylic oxidation sites excluding steroid dienone is 2. The van der Waals surface area contributed by atoms with Gasteiger partial charge in [0.1, 0.15) is 11.5 Å². The van der Waals surface area contributed by atoms with Crippen LogP contribution in [0, 0.1) is 29.1 Å².